The minimum Gasteiger partial charge on any atom is -0.463 e. The summed E-state index contributed by atoms with van der Waals surface area (Å²) >= 11 is 0. The average Bonchev–Trinajstić information content (AvgIpc) is 3.45. The molecule has 0 unspecified atom stereocenters. The summed E-state index contributed by atoms with van der Waals surface area (Å²) in [6.07, 6.45) is 10.3. The lowest BCUT2D eigenvalue weighted by molar-refractivity contribution is 0.0706. The van der Waals surface area contributed by atoms with E-state index in [2.05, 4.69) is 4.98 Å². The van der Waals surface area contributed by atoms with Crippen molar-refractivity contribution in [1.29, 1.82) is 0 Å². The number of likely N-dealkylation sites (tertiary alicyclic amines) is 1. The monoisotopic (exact) mass is 366 g/mol. The highest BCUT2D eigenvalue weighted by molar-refractivity contribution is 5.94. The summed E-state index contributed by atoms with van der Waals surface area (Å²) in [5.41, 5.74) is 0.506. The largest absolute Gasteiger partial charge is 0.463 e. The molecule has 1 saturated heterocycles. The van der Waals surface area contributed by atoms with E-state index in [1.807, 2.05) is 4.90 Å². The van der Waals surface area contributed by atoms with Gasteiger partial charge in [-0.25, -0.2) is 0 Å². The molecule has 5 heteroatoms. The molecule has 2 bridgehead atoms. The molecule has 1 N–H and O–H groups in total. The Bertz CT molecular complexity index is 885. The van der Waals surface area contributed by atoms with Gasteiger partial charge in [-0.2, -0.15) is 0 Å². The van der Waals surface area contributed by atoms with E-state index < -0.39 is 0 Å². The van der Waals surface area contributed by atoms with Crippen LogP contribution in [0.1, 0.15) is 55.3 Å². The zero-order chi connectivity index (χ0) is 18.4. The normalized spacial score (nSPS) is 29.6. The molecule has 0 aromatic carbocycles. The molecule has 0 radical (unpaired) electrons. The zero-order valence-corrected chi connectivity index (χ0v) is 15.5. The van der Waals surface area contributed by atoms with Crippen LogP contribution in [0.2, 0.25) is 0 Å². The number of rotatable bonds is 4. The molecule has 2 aromatic heterocycles. The van der Waals surface area contributed by atoms with E-state index in [4.69, 9.17) is 4.42 Å². The summed E-state index contributed by atoms with van der Waals surface area (Å²) in [6, 6.07) is 7.27. The van der Waals surface area contributed by atoms with Crippen molar-refractivity contribution in [3.8, 4) is 11.5 Å². The van der Waals surface area contributed by atoms with Crippen LogP contribution in [0.3, 0.4) is 0 Å². The summed E-state index contributed by atoms with van der Waals surface area (Å²) in [7, 11) is 0. The van der Waals surface area contributed by atoms with Gasteiger partial charge >= 0.3 is 0 Å². The minimum atomic E-state index is -0.334. The number of H-pyrrole nitrogens is 1. The molecule has 27 heavy (non-hydrogen) atoms. The van der Waals surface area contributed by atoms with Crippen molar-refractivity contribution in [3.63, 3.8) is 0 Å². The van der Waals surface area contributed by atoms with Crippen LogP contribution in [0, 0.1) is 17.8 Å². The molecule has 4 atom stereocenters. The summed E-state index contributed by atoms with van der Waals surface area (Å²) in [6.45, 7) is 0.768. The van der Waals surface area contributed by atoms with Crippen molar-refractivity contribution in [2.75, 3.05) is 6.54 Å². The van der Waals surface area contributed by atoms with Crippen LogP contribution in [-0.4, -0.2) is 28.4 Å². The fourth-order valence-corrected chi connectivity index (χ4v) is 5.74. The van der Waals surface area contributed by atoms with Crippen molar-refractivity contribution in [3.05, 3.63) is 46.4 Å². The molecule has 5 nitrogen and oxygen atoms in total. The third-order valence-electron chi connectivity index (χ3n) is 7.02. The lowest BCUT2D eigenvalue weighted by Crippen LogP contribution is -2.39. The lowest BCUT2D eigenvalue weighted by Gasteiger charge is -2.30. The standard InChI is InChI=1S/C22H26N2O3/c25-21-18(7-8-19(23-21)20-4-2-10-27-20)22(26)24-9-1-3-17(24)13-16-12-14-5-6-15(16)11-14/h2,4,7-8,10,14-17H,1,3,5-6,9,11-13H2,(H,23,25)/t14-,15-,16-,17-/m0/s1. The van der Waals surface area contributed by atoms with E-state index in [1.165, 1.54) is 25.7 Å². The summed E-state index contributed by atoms with van der Waals surface area (Å²) < 4.78 is 5.32. The molecule has 2 aromatic rings. The molecule has 1 aliphatic heterocycles. The number of carbonyl (C=O) groups is 1. The zero-order valence-electron chi connectivity index (χ0n) is 15.5. The molecule has 3 heterocycles. The fraction of sp³-hybridized carbons (Fsp3) is 0.545. The highest BCUT2D eigenvalue weighted by Gasteiger charge is 2.42. The first-order valence-electron chi connectivity index (χ1n) is 10.3. The van der Waals surface area contributed by atoms with Crippen LogP contribution in [0.25, 0.3) is 11.5 Å². The number of hydrogen-bond donors (Lipinski definition) is 1. The van der Waals surface area contributed by atoms with Gasteiger partial charge in [0.25, 0.3) is 11.5 Å². The predicted molar refractivity (Wildman–Crippen MR) is 102 cm³/mol. The second-order valence-corrected chi connectivity index (χ2v) is 8.56. The Kier molecular flexibility index (Phi) is 4.18. The van der Waals surface area contributed by atoms with E-state index in [0.717, 1.165) is 43.6 Å². The Labute approximate surface area is 158 Å². The van der Waals surface area contributed by atoms with E-state index in [1.54, 1.807) is 30.5 Å². The van der Waals surface area contributed by atoms with Gasteiger partial charge in [-0.05, 0) is 80.5 Å². The maximum atomic E-state index is 13.1. The first-order valence-corrected chi connectivity index (χ1v) is 10.3. The number of hydrogen-bond acceptors (Lipinski definition) is 3. The van der Waals surface area contributed by atoms with Crippen molar-refractivity contribution in [2.24, 2.45) is 17.8 Å². The first kappa shape index (κ1) is 16.8. The topological polar surface area (TPSA) is 66.3 Å². The highest BCUT2D eigenvalue weighted by atomic mass is 16.3. The number of furan rings is 1. The molecular formula is C22H26N2O3. The maximum Gasteiger partial charge on any atom is 0.261 e. The molecule has 2 aliphatic carbocycles. The van der Waals surface area contributed by atoms with Crippen LogP contribution in [0.4, 0.5) is 0 Å². The Morgan fingerprint density at radius 3 is 2.81 bits per heavy atom. The van der Waals surface area contributed by atoms with Crippen LogP contribution in [0.15, 0.2) is 39.7 Å². The van der Waals surface area contributed by atoms with Gasteiger partial charge < -0.3 is 14.3 Å². The van der Waals surface area contributed by atoms with Gasteiger partial charge in [0.1, 0.15) is 11.3 Å². The van der Waals surface area contributed by atoms with Crippen molar-refractivity contribution < 1.29 is 9.21 Å². The van der Waals surface area contributed by atoms with Crippen molar-refractivity contribution in [2.45, 2.75) is 51.0 Å². The number of fused-ring (bicyclic) bond motifs is 2. The van der Waals surface area contributed by atoms with Crippen molar-refractivity contribution in [1.82, 2.24) is 9.88 Å². The van der Waals surface area contributed by atoms with E-state index in [0.29, 0.717) is 17.5 Å². The molecule has 0 spiro atoms. The van der Waals surface area contributed by atoms with E-state index in [9.17, 15) is 9.59 Å². The Hall–Kier alpha value is -2.30. The Morgan fingerprint density at radius 2 is 2.11 bits per heavy atom. The SMILES string of the molecule is O=C(c1ccc(-c2ccco2)[nH]c1=O)N1CCC[C@H]1C[C@@H]1C[C@H]2CC[C@H]1C2. The molecule has 142 valence electrons. The first-order chi connectivity index (χ1) is 13.2. The van der Waals surface area contributed by atoms with Crippen LogP contribution in [-0.2, 0) is 0 Å². The second kappa shape index (κ2) is 6.70. The number of aromatic amines is 1. The Balaban J connectivity index is 1.33. The van der Waals surface area contributed by atoms with Gasteiger partial charge in [-0.15, -0.1) is 0 Å². The van der Waals surface area contributed by atoms with E-state index >= 15 is 0 Å². The molecule has 3 aliphatic rings. The molecule has 1 amide bonds. The summed E-state index contributed by atoms with van der Waals surface area (Å²) in [4.78, 5) is 30.4. The number of aromatic nitrogens is 1. The predicted octanol–water partition coefficient (Wildman–Crippen LogP) is 4.07. The number of nitrogens with one attached hydrogen (secondary N) is 1. The van der Waals surface area contributed by atoms with Gasteiger partial charge in [-0.3, -0.25) is 9.59 Å². The minimum absolute atomic E-state index is 0.118. The smallest absolute Gasteiger partial charge is 0.261 e. The lowest BCUT2D eigenvalue weighted by atomic mass is 9.83. The molecule has 5 rings (SSSR count). The number of pyridine rings is 1. The number of amides is 1. The highest BCUT2D eigenvalue weighted by Crippen LogP contribution is 2.50. The summed E-state index contributed by atoms with van der Waals surface area (Å²) in [5, 5.41) is 0. The molecular weight excluding hydrogens is 340 g/mol. The third-order valence-corrected chi connectivity index (χ3v) is 7.02. The molecule has 3 fully saturated rings. The van der Waals surface area contributed by atoms with Gasteiger partial charge in [0.15, 0.2) is 0 Å². The number of carbonyl (C=O) groups excluding carboxylic acids is 1. The average molecular weight is 366 g/mol. The van der Waals surface area contributed by atoms with Gasteiger partial charge in [0.2, 0.25) is 0 Å². The van der Waals surface area contributed by atoms with Crippen molar-refractivity contribution >= 4 is 5.91 Å². The van der Waals surface area contributed by atoms with Crippen LogP contribution < -0.4 is 5.56 Å². The third kappa shape index (κ3) is 3.03. The number of nitrogens with zero attached hydrogens (tertiary/aromatic N) is 1. The maximum absolute atomic E-state index is 13.1. The molecule has 2 saturated carbocycles. The van der Waals surface area contributed by atoms with E-state index in [-0.39, 0.29) is 17.0 Å². The van der Waals surface area contributed by atoms with Crippen LogP contribution >= 0.6 is 0 Å². The Morgan fingerprint density at radius 1 is 1.19 bits per heavy atom. The van der Waals surface area contributed by atoms with Gasteiger partial charge in [0, 0.05) is 12.6 Å². The second-order valence-electron chi connectivity index (χ2n) is 8.56. The fourth-order valence-electron chi connectivity index (χ4n) is 5.74. The van der Waals surface area contributed by atoms with Crippen LogP contribution in [0.5, 0.6) is 0 Å². The quantitative estimate of drug-likeness (QED) is 0.887. The van der Waals surface area contributed by atoms with Gasteiger partial charge in [0.05, 0.1) is 12.0 Å². The summed E-state index contributed by atoms with van der Waals surface area (Å²) in [5.74, 6) is 3.07. The van der Waals surface area contributed by atoms with Gasteiger partial charge in [-0.1, -0.05) is 6.42 Å².